The van der Waals surface area contributed by atoms with Crippen LogP contribution < -0.4 is 9.47 Å². The van der Waals surface area contributed by atoms with E-state index in [-0.39, 0.29) is 11.6 Å². The van der Waals surface area contributed by atoms with Crippen molar-refractivity contribution in [1.29, 1.82) is 0 Å². The van der Waals surface area contributed by atoms with Crippen LogP contribution in [0.1, 0.15) is 29.2 Å². The summed E-state index contributed by atoms with van der Waals surface area (Å²) in [5, 5.41) is 0.469. The van der Waals surface area contributed by atoms with E-state index in [2.05, 4.69) is 33.6 Å². The first-order chi connectivity index (χ1) is 15.9. The molecule has 0 unspecified atom stereocenters. The molecule has 0 saturated carbocycles. The zero-order valence-corrected chi connectivity index (χ0v) is 21.0. The largest absolute Gasteiger partial charge is 0.490 e. The van der Waals surface area contributed by atoms with Crippen LogP contribution in [0.5, 0.6) is 11.5 Å². The second-order valence-electron chi connectivity index (χ2n) is 7.38. The van der Waals surface area contributed by atoms with Gasteiger partial charge >= 0.3 is 5.97 Å². The maximum Gasteiger partial charge on any atom is 0.363 e. The van der Waals surface area contributed by atoms with Crippen LogP contribution in [0.3, 0.4) is 0 Å². The number of rotatable bonds is 7. The van der Waals surface area contributed by atoms with Crippen molar-refractivity contribution in [2.24, 2.45) is 4.99 Å². The van der Waals surface area contributed by atoms with Crippen molar-refractivity contribution in [3.63, 3.8) is 0 Å². The molecule has 0 amide bonds. The summed E-state index contributed by atoms with van der Waals surface area (Å²) in [4.78, 5) is 16.8. The number of nitrogens with zero attached hydrogens (tertiary/aromatic N) is 1. The minimum Gasteiger partial charge on any atom is -0.490 e. The Bertz CT molecular complexity index is 1270. The second-order valence-corrected chi connectivity index (χ2v) is 9.03. The Hall–Kier alpha value is -2.84. The van der Waals surface area contributed by atoms with Crippen LogP contribution in [0.25, 0.3) is 6.08 Å². The topological polar surface area (TPSA) is 57.1 Å². The minimum atomic E-state index is -0.530. The lowest BCUT2D eigenvalue weighted by Gasteiger charge is -2.13. The molecule has 4 rings (SSSR count). The fraction of sp³-hybridized carbons (Fsp3) is 0.154. The van der Waals surface area contributed by atoms with Crippen LogP contribution in [-0.4, -0.2) is 18.5 Å². The first-order valence-corrected chi connectivity index (χ1v) is 11.8. The van der Waals surface area contributed by atoms with Gasteiger partial charge in [0.2, 0.25) is 5.90 Å². The van der Waals surface area contributed by atoms with E-state index < -0.39 is 5.97 Å². The van der Waals surface area contributed by atoms with Gasteiger partial charge in [0.15, 0.2) is 17.2 Å². The first-order valence-electron chi connectivity index (χ1n) is 10.4. The van der Waals surface area contributed by atoms with Gasteiger partial charge in [-0.2, -0.15) is 0 Å². The molecule has 168 valence electrons. The Labute approximate surface area is 211 Å². The zero-order chi connectivity index (χ0) is 23.4. The molecule has 5 nitrogen and oxygen atoms in total. The first kappa shape index (κ1) is 23.3. The van der Waals surface area contributed by atoms with Crippen molar-refractivity contribution >= 4 is 52.1 Å². The van der Waals surface area contributed by atoms with Gasteiger partial charge in [-0.25, -0.2) is 9.79 Å². The number of ether oxygens (including phenoxy) is 3. The Morgan fingerprint density at radius 1 is 1.06 bits per heavy atom. The Kier molecular flexibility index (Phi) is 7.35. The molecule has 33 heavy (non-hydrogen) atoms. The summed E-state index contributed by atoms with van der Waals surface area (Å²) in [7, 11) is 0. The zero-order valence-electron chi connectivity index (χ0n) is 18.1. The molecule has 0 saturated heterocycles. The molecule has 0 atom stereocenters. The molecule has 7 heteroatoms. The summed E-state index contributed by atoms with van der Waals surface area (Å²) in [5.41, 5.74) is 3.77. The van der Waals surface area contributed by atoms with E-state index in [4.69, 9.17) is 25.8 Å². The Morgan fingerprint density at radius 3 is 2.70 bits per heavy atom. The molecule has 0 spiro atoms. The quantitative estimate of drug-likeness (QED) is 0.182. The van der Waals surface area contributed by atoms with Gasteiger partial charge < -0.3 is 14.2 Å². The summed E-state index contributed by atoms with van der Waals surface area (Å²) < 4.78 is 18.1. The maximum atomic E-state index is 12.4. The minimum absolute atomic E-state index is 0.191. The predicted octanol–water partition coefficient (Wildman–Crippen LogP) is 6.58. The van der Waals surface area contributed by atoms with E-state index in [1.165, 1.54) is 5.56 Å². The van der Waals surface area contributed by atoms with E-state index in [0.717, 1.165) is 14.7 Å². The molecule has 0 bridgehead atoms. The molecule has 0 aromatic heterocycles. The molecule has 1 heterocycles. The Balaban J connectivity index is 1.58. The van der Waals surface area contributed by atoms with E-state index in [1.54, 1.807) is 12.1 Å². The molecule has 0 N–H and O–H groups in total. The lowest BCUT2D eigenvalue weighted by atomic mass is 10.1. The van der Waals surface area contributed by atoms with Crippen LogP contribution in [0.4, 0.5) is 0 Å². The van der Waals surface area contributed by atoms with Gasteiger partial charge in [0, 0.05) is 3.57 Å². The molecule has 3 aromatic carbocycles. The SMILES string of the molecule is CCOc1cc(/C=C2\N=C(c3cc(I)ccc3Cl)OC2=O)ccc1OCc1cccc(C)c1. The van der Waals surface area contributed by atoms with Crippen molar-refractivity contribution in [2.45, 2.75) is 20.5 Å². The fourth-order valence-corrected chi connectivity index (χ4v) is 4.00. The van der Waals surface area contributed by atoms with Crippen LogP contribution in [-0.2, 0) is 16.1 Å². The van der Waals surface area contributed by atoms with Crippen molar-refractivity contribution < 1.29 is 19.0 Å². The molecule has 1 aliphatic rings. The van der Waals surface area contributed by atoms with Crippen LogP contribution in [0.2, 0.25) is 5.02 Å². The van der Waals surface area contributed by atoms with Crippen LogP contribution in [0, 0.1) is 10.5 Å². The third kappa shape index (κ3) is 5.75. The lowest BCUT2D eigenvalue weighted by Crippen LogP contribution is -2.06. The number of carbonyl (C=O) groups is 1. The number of carbonyl (C=O) groups excluding carboxylic acids is 1. The highest BCUT2D eigenvalue weighted by molar-refractivity contribution is 14.1. The average molecular weight is 574 g/mol. The highest BCUT2D eigenvalue weighted by Crippen LogP contribution is 2.31. The number of aryl methyl sites for hydroxylation is 1. The van der Waals surface area contributed by atoms with Gasteiger partial charge in [0.1, 0.15) is 6.61 Å². The van der Waals surface area contributed by atoms with Gasteiger partial charge in [-0.3, -0.25) is 0 Å². The molecular weight excluding hydrogens is 553 g/mol. The number of benzene rings is 3. The van der Waals surface area contributed by atoms with E-state index in [9.17, 15) is 4.79 Å². The van der Waals surface area contributed by atoms with Gasteiger partial charge in [0.25, 0.3) is 0 Å². The third-order valence-corrected chi connectivity index (χ3v) is 5.83. The third-order valence-electron chi connectivity index (χ3n) is 4.83. The monoisotopic (exact) mass is 573 g/mol. The second kappa shape index (κ2) is 10.4. The molecule has 0 radical (unpaired) electrons. The lowest BCUT2D eigenvalue weighted by molar-refractivity contribution is -0.129. The summed E-state index contributed by atoms with van der Waals surface area (Å²) in [6.07, 6.45) is 1.66. The summed E-state index contributed by atoms with van der Waals surface area (Å²) in [6, 6.07) is 19.1. The van der Waals surface area contributed by atoms with Crippen LogP contribution in [0.15, 0.2) is 71.4 Å². The van der Waals surface area contributed by atoms with Gasteiger partial charge in [-0.05, 0) is 84.0 Å². The number of hydrogen-bond acceptors (Lipinski definition) is 5. The van der Waals surface area contributed by atoms with Crippen molar-refractivity contribution in [3.05, 3.63) is 97.2 Å². The average Bonchev–Trinajstić information content (AvgIpc) is 3.15. The number of hydrogen-bond donors (Lipinski definition) is 0. The number of cyclic esters (lactones) is 1. The molecular formula is C26H21ClINO4. The van der Waals surface area contributed by atoms with Crippen molar-refractivity contribution in [1.82, 2.24) is 0 Å². The summed E-state index contributed by atoms with van der Waals surface area (Å²) >= 11 is 8.43. The molecule has 1 aliphatic heterocycles. The van der Waals surface area contributed by atoms with E-state index in [1.807, 2.05) is 62.4 Å². The number of esters is 1. The number of aliphatic imine (C=N–C) groups is 1. The van der Waals surface area contributed by atoms with E-state index in [0.29, 0.717) is 35.3 Å². The molecule has 3 aromatic rings. The fourth-order valence-electron chi connectivity index (χ4n) is 3.31. The van der Waals surface area contributed by atoms with E-state index >= 15 is 0 Å². The van der Waals surface area contributed by atoms with Crippen molar-refractivity contribution in [3.8, 4) is 11.5 Å². The predicted molar refractivity (Wildman–Crippen MR) is 138 cm³/mol. The van der Waals surface area contributed by atoms with Crippen LogP contribution >= 0.6 is 34.2 Å². The summed E-state index contributed by atoms with van der Waals surface area (Å²) in [5.74, 6) is 0.885. The maximum absolute atomic E-state index is 12.4. The highest BCUT2D eigenvalue weighted by Gasteiger charge is 2.26. The molecule has 0 fully saturated rings. The van der Waals surface area contributed by atoms with Gasteiger partial charge in [0.05, 0.1) is 17.2 Å². The van der Waals surface area contributed by atoms with Gasteiger partial charge in [-0.15, -0.1) is 0 Å². The number of halogens is 2. The molecule has 0 aliphatic carbocycles. The normalized spacial score (nSPS) is 14.2. The Morgan fingerprint density at radius 2 is 1.91 bits per heavy atom. The van der Waals surface area contributed by atoms with Crippen molar-refractivity contribution in [2.75, 3.05) is 6.61 Å². The summed E-state index contributed by atoms with van der Waals surface area (Å²) in [6.45, 7) is 4.87. The highest BCUT2D eigenvalue weighted by atomic mass is 127. The smallest absolute Gasteiger partial charge is 0.363 e. The van der Waals surface area contributed by atoms with Gasteiger partial charge in [-0.1, -0.05) is 47.5 Å². The standard InChI is InChI=1S/C26H21ClINO4/c1-3-31-24-13-17(7-10-23(24)32-15-18-6-4-5-16(2)11-18)12-22-26(30)33-25(29-22)20-14-19(28)8-9-21(20)27/h4-14H,3,15H2,1-2H3/b22-12-.